The van der Waals surface area contributed by atoms with Crippen LogP contribution in [0.5, 0.6) is 5.75 Å². The maximum absolute atomic E-state index is 12.6. The van der Waals surface area contributed by atoms with Crippen molar-refractivity contribution in [3.05, 3.63) is 54.1 Å². The highest BCUT2D eigenvalue weighted by molar-refractivity contribution is 5.95. The Morgan fingerprint density at radius 3 is 1.94 bits per heavy atom. The van der Waals surface area contributed by atoms with E-state index in [-0.39, 0.29) is 32.1 Å². The predicted molar refractivity (Wildman–Crippen MR) is 219 cm³/mol. The van der Waals surface area contributed by atoms with Crippen molar-refractivity contribution in [2.24, 2.45) is 0 Å². The molecule has 22 heteroatoms. The summed E-state index contributed by atoms with van der Waals surface area (Å²) < 4.78 is 39.7. The average molecular weight is 912 g/mol. The minimum Gasteiger partial charge on any atom is -0.484 e. The van der Waals surface area contributed by atoms with E-state index in [1.807, 2.05) is 24.3 Å². The summed E-state index contributed by atoms with van der Waals surface area (Å²) in [5, 5.41) is 102. The van der Waals surface area contributed by atoms with Gasteiger partial charge in [0.15, 0.2) is 25.5 Å². The van der Waals surface area contributed by atoms with Crippen LogP contribution in [0, 0.1) is 0 Å². The Kier molecular flexibility index (Phi) is 19.6. The number of ether oxygens (including phenoxy) is 7. The highest BCUT2D eigenvalue weighted by Gasteiger charge is 2.54. The highest BCUT2D eigenvalue weighted by atomic mass is 16.8. The summed E-state index contributed by atoms with van der Waals surface area (Å²) in [6, 6.07) is 13.0. The molecule has 0 aromatic heterocycles. The first-order valence-corrected chi connectivity index (χ1v) is 21.2. The number of carbonyl (C=O) groups excluding carboxylic acids is 3. The number of aliphatic hydroxyl groups excluding tert-OH is 9. The first kappa shape index (κ1) is 51.0. The molecule has 9 unspecified atom stereocenters. The van der Waals surface area contributed by atoms with Crippen molar-refractivity contribution in [2.75, 3.05) is 46.1 Å². The molecule has 3 aliphatic heterocycles. The van der Waals surface area contributed by atoms with Crippen LogP contribution in [0.1, 0.15) is 43.5 Å². The molecule has 0 radical (unpaired) electrons. The minimum atomic E-state index is -1.96. The number of amides is 3. The van der Waals surface area contributed by atoms with Gasteiger partial charge < -0.3 is 95.1 Å². The summed E-state index contributed by atoms with van der Waals surface area (Å²) in [5.74, 6) is -0.719. The molecule has 0 aliphatic carbocycles. The highest BCUT2D eigenvalue weighted by Crippen LogP contribution is 2.33. The van der Waals surface area contributed by atoms with E-state index in [1.54, 1.807) is 24.3 Å². The second-order valence-electron chi connectivity index (χ2n) is 15.6. The van der Waals surface area contributed by atoms with Crippen LogP contribution >= 0.6 is 0 Å². The Hall–Kier alpha value is -3.95. The summed E-state index contributed by atoms with van der Waals surface area (Å²) in [5.41, 5.74) is 2.25. The van der Waals surface area contributed by atoms with E-state index in [4.69, 9.17) is 33.2 Å². The number of carbonyl (C=O) groups is 3. The fourth-order valence-electron chi connectivity index (χ4n) is 7.35. The van der Waals surface area contributed by atoms with E-state index < -0.39 is 124 Å². The molecule has 3 heterocycles. The minimum absolute atomic E-state index is 0.0567. The Labute approximate surface area is 368 Å². The molecule has 358 valence electrons. The van der Waals surface area contributed by atoms with E-state index in [2.05, 4.69) is 22.9 Å². The molecule has 12 N–H and O–H groups in total. The summed E-state index contributed by atoms with van der Waals surface area (Å²) in [6.07, 6.45) is -21.4. The van der Waals surface area contributed by atoms with Crippen molar-refractivity contribution in [1.29, 1.82) is 0 Å². The van der Waals surface area contributed by atoms with Gasteiger partial charge in [0.2, 0.25) is 5.91 Å². The van der Waals surface area contributed by atoms with Gasteiger partial charge in [-0.1, -0.05) is 37.6 Å². The van der Waals surface area contributed by atoms with Crippen molar-refractivity contribution < 1.29 is 93.5 Å². The summed E-state index contributed by atoms with van der Waals surface area (Å²) >= 11 is 0. The molecule has 0 bridgehead atoms. The number of nitrogens with one attached hydrogen (secondary N) is 3. The Balaban J connectivity index is 1.11. The van der Waals surface area contributed by atoms with Crippen LogP contribution in [-0.2, 0) is 38.0 Å². The van der Waals surface area contributed by atoms with Gasteiger partial charge in [0.25, 0.3) is 11.8 Å². The summed E-state index contributed by atoms with van der Waals surface area (Å²) in [4.78, 5) is 37.3. The largest absolute Gasteiger partial charge is 0.484 e. The molecule has 5 rings (SSSR count). The lowest BCUT2D eigenvalue weighted by Crippen LogP contribution is -2.68. The quantitative estimate of drug-likeness (QED) is 0.0538. The molecule has 2 aromatic carbocycles. The first-order chi connectivity index (χ1) is 30.7. The third kappa shape index (κ3) is 13.1. The van der Waals surface area contributed by atoms with Gasteiger partial charge in [0.1, 0.15) is 78.9 Å². The molecule has 0 saturated carbocycles. The van der Waals surface area contributed by atoms with E-state index in [0.29, 0.717) is 17.9 Å². The SMILES string of the molecule is CCCCNC(=O)c1cccc(-c2ccc(OCC(=O)NCCCO[C@@H]3OC(CO)[C@@H](O[C@@H]4OC(CO)[C@H](O)C(O[C@H]5OC(CO)[C@H](O)C(O)C5O)C4O)C(O)C3NC(C)=O)cc2)c1. The molecule has 3 saturated heterocycles. The Morgan fingerprint density at radius 1 is 0.656 bits per heavy atom. The van der Waals surface area contributed by atoms with Crippen LogP contribution in [0.4, 0.5) is 0 Å². The van der Waals surface area contributed by atoms with Crippen LogP contribution in [0.15, 0.2) is 48.5 Å². The van der Waals surface area contributed by atoms with Crippen LogP contribution in [0.2, 0.25) is 0 Å². The molecular weight excluding hydrogens is 850 g/mol. The maximum Gasteiger partial charge on any atom is 0.257 e. The predicted octanol–water partition coefficient (Wildman–Crippen LogP) is -3.62. The van der Waals surface area contributed by atoms with Gasteiger partial charge in [0, 0.05) is 25.6 Å². The number of aliphatic hydroxyl groups is 9. The van der Waals surface area contributed by atoms with Gasteiger partial charge in [-0.2, -0.15) is 0 Å². The van der Waals surface area contributed by atoms with Crippen LogP contribution in [0.3, 0.4) is 0 Å². The van der Waals surface area contributed by atoms with Crippen LogP contribution < -0.4 is 20.7 Å². The standard InChI is InChI=1S/C42H61N3O19/c1-3-4-13-44-39(57)24-8-5-7-23(16-24)22-9-11-25(12-10-22)59-20-29(50)43-14-6-15-58-40-30(45-21(2)49)33(53)37(28(19-48)62-40)63-42-36(56)38(32(52)27(18-47)61-42)64-41-35(55)34(54)31(51)26(17-46)60-41/h5,7-12,16,26-28,30-38,40-42,46-48,51-56H,3-4,6,13-15,17-20H2,1-2H3,(H,43,50)(H,44,57)(H,45,49)/t26?,27?,28?,30?,31-,32-,33?,34?,35?,36?,37+,38?,40+,41+,42-/m0/s1. The number of hydrogen-bond donors (Lipinski definition) is 12. The molecule has 15 atom stereocenters. The number of unbranched alkanes of at least 4 members (excludes halogenated alkanes) is 1. The third-order valence-electron chi connectivity index (χ3n) is 10.9. The van der Waals surface area contributed by atoms with Crippen molar-refractivity contribution in [1.82, 2.24) is 16.0 Å². The van der Waals surface area contributed by atoms with Gasteiger partial charge in [-0.3, -0.25) is 14.4 Å². The van der Waals surface area contributed by atoms with E-state index in [1.165, 1.54) is 6.92 Å². The summed E-state index contributed by atoms with van der Waals surface area (Å²) in [7, 11) is 0. The average Bonchev–Trinajstić information content (AvgIpc) is 3.29. The fourth-order valence-corrected chi connectivity index (χ4v) is 7.35. The molecule has 2 aromatic rings. The maximum atomic E-state index is 12.6. The Bertz CT molecular complexity index is 1780. The molecule has 0 spiro atoms. The summed E-state index contributed by atoms with van der Waals surface area (Å²) in [6.45, 7) is 1.21. The zero-order valence-corrected chi connectivity index (χ0v) is 35.5. The van der Waals surface area contributed by atoms with Gasteiger partial charge in [-0.25, -0.2) is 0 Å². The molecule has 64 heavy (non-hydrogen) atoms. The van der Waals surface area contributed by atoms with Gasteiger partial charge in [-0.05, 0) is 48.2 Å². The zero-order chi connectivity index (χ0) is 46.5. The van der Waals surface area contributed by atoms with Gasteiger partial charge in [-0.15, -0.1) is 0 Å². The first-order valence-electron chi connectivity index (χ1n) is 21.2. The van der Waals surface area contributed by atoms with Gasteiger partial charge >= 0.3 is 0 Å². The van der Waals surface area contributed by atoms with E-state index >= 15 is 0 Å². The molecular formula is C42H61N3O19. The second-order valence-corrected chi connectivity index (χ2v) is 15.6. The van der Waals surface area contributed by atoms with Crippen molar-refractivity contribution in [2.45, 2.75) is 125 Å². The lowest BCUT2D eigenvalue weighted by molar-refractivity contribution is -0.376. The lowest BCUT2D eigenvalue weighted by Gasteiger charge is -2.48. The van der Waals surface area contributed by atoms with E-state index in [9.17, 15) is 60.3 Å². The van der Waals surface area contributed by atoms with Crippen molar-refractivity contribution in [3.63, 3.8) is 0 Å². The van der Waals surface area contributed by atoms with Crippen LogP contribution in [0.25, 0.3) is 11.1 Å². The lowest BCUT2D eigenvalue weighted by atomic mass is 9.95. The number of hydrogen-bond acceptors (Lipinski definition) is 19. The van der Waals surface area contributed by atoms with Crippen molar-refractivity contribution >= 4 is 17.7 Å². The number of rotatable bonds is 21. The Morgan fingerprint density at radius 2 is 1.28 bits per heavy atom. The topological polar surface area (TPSA) is 334 Å². The third-order valence-corrected chi connectivity index (χ3v) is 10.9. The second kappa shape index (κ2) is 24.5. The normalized spacial score (nSPS) is 33.0. The zero-order valence-electron chi connectivity index (χ0n) is 35.5. The fraction of sp³-hybridized carbons (Fsp3) is 0.643. The smallest absolute Gasteiger partial charge is 0.257 e. The molecule has 22 nitrogen and oxygen atoms in total. The van der Waals surface area contributed by atoms with E-state index in [0.717, 1.165) is 24.0 Å². The van der Waals surface area contributed by atoms with Gasteiger partial charge in [0.05, 0.1) is 26.4 Å². The van der Waals surface area contributed by atoms with Crippen molar-refractivity contribution in [3.8, 4) is 16.9 Å². The molecule has 3 fully saturated rings. The number of benzene rings is 2. The monoisotopic (exact) mass is 911 g/mol. The molecule has 3 amide bonds. The molecule has 3 aliphatic rings. The van der Waals surface area contributed by atoms with Crippen LogP contribution in [-0.4, -0.2) is 202 Å².